The smallest absolute Gasteiger partial charge is 0.266 e. The predicted molar refractivity (Wildman–Crippen MR) is 81.9 cm³/mol. The van der Waals surface area contributed by atoms with E-state index in [0.29, 0.717) is 0 Å². The molecule has 0 radical (unpaired) electrons. The third-order valence-corrected chi connectivity index (χ3v) is 2.41. The van der Waals surface area contributed by atoms with Crippen LogP contribution in [0.2, 0.25) is 0 Å². The molecule has 3 aromatic rings. The number of alkyl halides is 4. The Hall–Kier alpha value is -0.600. The summed E-state index contributed by atoms with van der Waals surface area (Å²) in [6.45, 7) is 0. The van der Waals surface area contributed by atoms with Crippen LogP contribution < -0.4 is 0 Å². The summed E-state index contributed by atoms with van der Waals surface area (Å²) in [6.07, 6.45) is 0. The first-order chi connectivity index (χ1) is 8.45. The van der Waals surface area contributed by atoms with Crippen molar-refractivity contribution in [2.45, 2.75) is 3.25 Å². The summed E-state index contributed by atoms with van der Waals surface area (Å²) < 4.78 is -1.61. The number of hydrogen-bond donors (Lipinski definition) is 1. The van der Waals surface area contributed by atoms with E-state index < -0.39 is 3.25 Å². The summed E-state index contributed by atoms with van der Waals surface area (Å²) in [5, 5.41) is 2.61. The zero-order chi connectivity index (χ0) is 13.2. The monoisotopic (exact) mass is 319 g/mol. The zero-order valence-electron chi connectivity index (χ0n) is 9.13. The Labute approximate surface area is 125 Å². The van der Waals surface area contributed by atoms with Gasteiger partial charge in [-0.1, -0.05) is 82.8 Å². The van der Waals surface area contributed by atoms with Crippen LogP contribution in [0.3, 0.4) is 0 Å². The number of hydrogen-bond acceptors (Lipinski definition) is 0. The van der Waals surface area contributed by atoms with Gasteiger partial charge >= 0.3 is 0 Å². The molecule has 0 amide bonds. The van der Waals surface area contributed by atoms with Crippen molar-refractivity contribution in [2.24, 2.45) is 0 Å². The van der Waals surface area contributed by atoms with Crippen LogP contribution in [0.5, 0.6) is 0 Å². The van der Waals surface area contributed by atoms with Crippen molar-refractivity contribution in [1.29, 1.82) is 0 Å². The van der Waals surface area contributed by atoms with Crippen LogP contribution in [-0.4, -0.2) is 8.24 Å². The van der Waals surface area contributed by atoms with Crippen LogP contribution in [0.1, 0.15) is 0 Å². The lowest BCUT2D eigenvalue weighted by Gasteiger charge is -1.91. The van der Waals surface area contributed by atoms with Gasteiger partial charge in [-0.3, -0.25) is 0 Å². The summed E-state index contributed by atoms with van der Waals surface area (Å²) in [4.78, 5) is 3.38. The molecule has 1 aromatic heterocycles. The summed E-state index contributed by atoms with van der Waals surface area (Å²) in [5.41, 5.74) is 2.42. The molecule has 1 heterocycles. The Bertz CT molecular complexity index is 598. The Kier molecular flexibility index (Phi) is 4.29. The fourth-order valence-electron chi connectivity index (χ4n) is 1.80. The van der Waals surface area contributed by atoms with E-state index in [1.165, 1.54) is 21.8 Å². The molecule has 0 aliphatic heterocycles. The zero-order valence-corrected chi connectivity index (χ0v) is 12.2. The minimum Gasteiger partial charge on any atom is -0.355 e. The quantitative estimate of drug-likeness (QED) is 0.498. The van der Waals surface area contributed by atoms with Gasteiger partial charge in [0.15, 0.2) is 0 Å². The van der Waals surface area contributed by atoms with Gasteiger partial charge in [0.2, 0.25) is 0 Å². The molecule has 0 aliphatic rings. The molecular formula is C13H9Cl4N. The lowest BCUT2D eigenvalue weighted by Crippen LogP contribution is -1.81. The van der Waals surface area contributed by atoms with Gasteiger partial charge in [-0.05, 0) is 12.1 Å². The first-order valence-electron chi connectivity index (χ1n) is 5.16. The number of halogens is 4. The number of H-pyrrole nitrogens is 1. The van der Waals surface area contributed by atoms with Gasteiger partial charge in [-0.25, -0.2) is 0 Å². The van der Waals surface area contributed by atoms with Gasteiger partial charge < -0.3 is 4.98 Å². The summed E-state index contributed by atoms with van der Waals surface area (Å²) in [5.74, 6) is 0. The fourth-order valence-corrected chi connectivity index (χ4v) is 1.80. The van der Waals surface area contributed by atoms with Crippen molar-refractivity contribution in [3.8, 4) is 0 Å². The van der Waals surface area contributed by atoms with Crippen LogP contribution in [0.25, 0.3) is 21.8 Å². The van der Waals surface area contributed by atoms with Gasteiger partial charge in [-0.2, -0.15) is 0 Å². The van der Waals surface area contributed by atoms with Crippen molar-refractivity contribution in [3.63, 3.8) is 0 Å². The lowest BCUT2D eigenvalue weighted by atomic mass is 10.2. The van der Waals surface area contributed by atoms with Crippen molar-refractivity contribution < 1.29 is 0 Å². The van der Waals surface area contributed by atoms with E-state index in [1.54, 1.807) is 0 Å². The van der Waals surface area contributed by atoms with Gasteiger partial charge in [-0.15, -0.1) is 0 Å². The average Bonchev–Trinajstić information content (AvgIpc) is 2.65. The normalized spacial score (nSPS) is 11.3. The van der Waals surface area contributed by atoms with Gasteiger partial charge in [0, 0.05) is 21.8 Å². The maximum atomic E-state index is 4.83. The summed E-state index contributed by atoms with van der Waals surface area (Å²) in [7, 11) is 0. The second kappa shape index (κ2) is 5.58. The predicted octanol–water partition coefficient (Wildman–Crippen LogP) is 5.87. The highest BCUT2D eigenvalue weighted by atomic mass is 35.6. The van der Waals surface area contributed by atoms with Crippen LogP contribution in [-0.2, 0) is 0 Å². The van der Waals surface area contributed by atoms with Crippen LogP contribution in [0, 0.1) is 0 Å². The highest BCUT2D eigenvalue weighted by Crippen LogP contribution is 2.29. The molecule has 94 valence electrons. The van der Waals surface area contributed by atoms with Crippen molar-refractivity contribution in [1.82, 2.24) is 4.98 Å². The molecule has 0 spiro atoms. The lowest BCUT2D eigenvalue weighted by molar-refractivity contribution is 1.55. The van der Waals surface area contributed by atoms with Gasteiger partial charge in [0.05, 0.1) is 0 Å². The molecule has 0 saturated carbocycles. The average molecular weight is 321 g/mol. The molecule has 0 aliphatic carbocycles. The number of para-hydroxylation sites is 2. The Morgan fingerprint density at radius 2 is 1.00 bits per heavy atom. The maximum Gasteiger partial charge on any atom is 0.266 e. The minimum absolute atomic E-state index is 1.21. The van der Waals surface area contributed by atoms with Crippen molar-refractivity contribution in [2.75, 3.05) is 0 Å². The summed E-state index contributed by atoms with van der Waals surface area (Å²) >= 11 is 19.3. The minimum atomic E-state index is -1.61. The third-order valence-electron chi connectivity index (χ3n) is 2.41. The number of rotatable bonds is 0. The molecule has 2 aromatic carbocycles. The van der Waals surface area contributed by atoms with E-state index in [0.717, 1.165) is 0 Å². The van der Waals surface area contributed by atoms with E-state index in [-0.39, 0.29) is 0 Å². The second-order valence-corrected chi connectivity index (χ2v) is 7.07. The molecule has 3 rings (SSSR count). The van der Waals surface area contributed by atoms with Crippen LogP contribution in [0.15, 0.2) is 48.5 Å². The first-order valence-corrected chi connectivity index (χ1v) is 6.67. The fraction of sp³-hybridized carbons (Fsp3) is 0.0769. The Morgan fingerprint density at radius 3 is 1.39 bits per heavy atom. The molecule has 0 bridgehead atoms. The van der Waals surface area contributed by atoms with E-state index in [9.17, 15) is 0 Å². The standard InChI is InChI=1S/C12H9N.CCl4/c1-3-7-11-9(5-1)10-6-2-4-8-12(10)13-11;2-1(3,4)5/h1-8,13H;. The van der Waals surface area contributed by atoms with Gasteiger partial charge in [0.25, 0.3) is 3.25 Å². The largest absolute Gasteiger partial charge is 0.355 e. The highest BCUT2D eigenvalue weighted by molar-refractivity contribution is 6.83. The van der Waals surface area contributed by atoms with E-state index in [1.807, 2.05) is 0 Å². The molecule has 5 heteroatoms. The van der Waals surface area contributed by atoms with Gasteiger partial charge in [0.1, 0.15) is 0 Å². The van der Waals surface area contributed by atoms with E-state index in [2.05, 4.69) is 53.5 Å². The molecule has 1 nitrogen and oxygen atoms in total. The first kappa shape index (κ1) is 13.8. The number of fused-ring (bicyclic) bond motifs is 3. The number of aromatic nitrogens is 1. The van der Waals surface area contributed by atoms with E-state index in [4.69, 9.17) is 46.4 Å². The molecule has 1 N–H and O–H groups in total. The van der Waals surface area contributed by atoms with Crippen LogP contribution >= 0.6 is 46.4 Å². The Morgan fingerprint density at radius 1 is 0.667 bits per heavy atom. The molecule has 0 saturated heterocycles. The second-order valence-electron chi connectivity index (χ2n) is 3.64. The molecule has 0 fully saturated rings. The number of nitrogens with one attached hydrogen (secondary N) is 1. The summed E-state index contributed by atoms with van der Waals surface area (Å²) in [6, 6.07) is 16.8. The van der Waals surface area contributed by atoms with Crippen molar-refractivity contribution in [3.05, 3.63) is 48.5 Å². The highest BCUT2D eigenvalue weighted by Gasteiger charge is 2.11. The Balaban J connectivity index is 0.000000209. The SMILES string of the molecule is ClC(Cl)(Cl)Cl.c1ccc2c(c1)[nH]c1ccccc12. The number of benzene rings is 2. The van der Waals surface area contributed by atoms with Crippen LogP contribution in [0.4, 0.5) is 0 Å². The molecule has 0 unspecified atom stereocenters. The third kappa shape index (κ3) is 3.69. The van der Waals surface area contributed by atoms with Crippen molar-refractivity contribution >= 4 is 68.2 Å². The number of aromatic amines is 1. The van der Waals surface area contributed by atoms with E-state index >= 15 is 0 Å². The molecule has 18 heavy (non-hydrogen) atoms. The maximum absolute atomic E-state index is 4.83. The molecular weight excluding hydrogens is 312 g/mol. The molecule has 0 atom stereocenters. The topological polar surface area (TPSA) is 15.8 Å².